The molecule has 4 nitrogen and oxygen atoms in total. The standard InChI is InChI=1S/C46H36N2O2/c1-3-31-39(4-2)49-44-41(28-14-7-5-8-15-28)47-45(48-42(31)44)36-18-13-17-35-34-23-21-30(27-40(34)50-43(35)36)29-20-22-33-32-16-9-10-19-37(32)46(38(33)26-29)24-11-6-12-25-46/h3-5,7-10,13-23,26-27H,6,11-12,24-25H2,1-2H3/b31-3+,39-4+. The molecular formula is C46H36N2O2. The molecule has 0 aliphatic heterocycles. The zero-order chi connectivity index (χ0) is 33.4. The molecular weight excluding hydrogens is 613 g/mol. The summed E-state index contributed by atoms with van der Waals surface area (Å²) in [6.45, 7) is 4.01. The molecule has 1 spiro atoms. The minimum atomic E-state index is 0.124. The molecule has 10 rings (SSSR count). The van der Waals surface area contributed by atoms with Gasteiger partial charge in [-0.15, -0.1) is 0 Å². The third-order valence-electron chi connectivity index (χ3n) is 11.2. The first-order valence-electron chi connectivity index (χ1n) is 17.9. The van der Waals surface area contributed by atoms with E-state index in [9.17, 15) is 0 Å². The maximum absolute atomic E-state index is 6.78. The lowest BCUT2D eigenvalue weighted by molar-refractivity contribution is 0.353. The van der Waals surface area contributed by atoms with Gasteiger partial charge in [0.25, 0.3) is 0 Å². The van der Waals surface area contributed by atoms with Crippen LogP contribution in [0.5, 0.6) is 0 Å². The zero-order valence-corrected chi connectivity index (χ0v) is 28.3. The van der Waals surface area contributed by atoms with E-state index in [1.807, 2.05) is 38.1 Å². The van der Waals surface area contributed by atoms with Gasteiger partial charge >= 0.3 is 0 Å². The van der Waals surface area contributed by atoms with Crippen LogP contribution < -0.4 is 10.6 Å². The van der Waals surface area contributed by atoms with Crippen LogP contribution >= 0.6 is 0 Å². The Morgan fingerprint density at radius 3 is 2.18 bits per heavy atom. The van der Waals surface area contributed by atoms with Gasteiger partial charge in [-0.3, -0.25) is 0 Å². The number of aromatic nitrogens is 2. The summed E-state index contributed by atoms with van der Waals surface area (Å²) in [6.07, 6.45) is 10.4. The lowest BCUT2D eigenvalue weighted by Gasteiger charge is -2.36. The lowest BCUT2D eigenvalue weighted by atomic mass is 9.67. The first kappa shape index (κ1) is 29.2. The summed E-state index contributed by atoms with van der Waals surface area (Å²) >= 11 is 0. The van der Waals surface area contributed by atoms with Crippen molar-refractivity contribution in [1.82, 2.24) is 9.97 Å². The van der Waals surface area contributed by atoms with E-state index in [4.69, 9.17) is 18.8 Å². The minimum absolute atomic E-state index is 0.124. The predicted molar refractivity (Wildman–Crippen MR) is 204 cm³/mol. The highest BCUT2D eigenvalue weighted by molar-refractivity contribution is 6.10. The summed E-state index contributed by atoms with van der Waals surface area (Å²) in [6, 6.07) is 39.3. The van der Waals surface area contributed by atoms with Crippen molar-refractivity contribution in [3.8, 4) is 44.9 Å². The van der Waals surface area contributed by atoms with Crippen molar-refractivity contribution < 1.29 is 8.83 Å². The van der Waals surface area contributed by atoms with Crippen LogP contribution in [-0.2, 0) is 5.41 Å². The van der Waals surface area contributed by atoms with Gasteiger partial charge in [0.2, 0.25) is 0 Å². The Morgan fingerprint density at radius 1 is 0.580 bits per heavy atom. The second-order valence-corrected chi connectivity index (χ2v) is 13.8. The first-order valence-corrected chi connectivity index (χ1v) is 17.9. The Kier molecular flexibility index (Phi) is 6.51. The molecule has 2 aliphatic rings. The average molecular weight is 649 g/mol. The van der Waals surface area contributed by atoms with Crippen LogP contribution in [0.1, 0.15) is 57.1 Å². The van der Waals surface area contributed by atoms with E-state index in [1.165, 1.54) is 59.9 Å². The van der Waals surface area contributed by atoms with Gasteiger partial charge in [-0.25, -0.2) is 9.97 Å². The van der Waals surface area contributed by atoms with E-state index in [0.29, 0.717) is 11.4 Å². The molecule has 50 heavy (non-hydrogen) atoms. The molecule has 3 aromatic heterocycles. The molecule has 0 radical (unpaired) electrons. The van der Waals surface area contributed by atoms with Gasteiger partial charge in [-0.1, -0.05) is 110 Å². The van der Waals surface area contributed by atoms with Gasteiger partial charge in [0.15, 0.2) is 11.4 Å². The summed E-state index contributed by atoms with van der Waals surface area (Å²) < 4.78 is 13.1. The number of hydrogen-bond acceptors (Lipinski definition) is 4. The first-order chi connectivity index (χ1) is 24.7. The van der Waals surface area contributed by atoms with Gasteiger partial charge < -0.3 is 8.83 Å². The highest BCUT2D eigenvalue weighted by Crippen LogP contribution is 2.56. The fourth-order valence-corrected chi connectivity index (χ4v) is 8.90. The highest BCUT2D eigenvalue weighted by atomic mass is 16.3. The number of hydrogen-bond donors (Lipinski definition) is 0. The van der Waals surface area contributed by atoms with Crippen molar-refractivity contribution in [2.24, 2.45) is 0 Å². The normalized spacial score (nSPS) is 15.8. The molecule has 0 saturated heterocycles. The molecule has 242 valence electrons. The van der Waals surface area contributed by atoms with Crippen LogP contribution in [0.25, 0.3) is 90.1 Å². The zero-order valence-electron chi connectivity index (χ0n) is 28.3. The molecule has 8 aromatic rings. The SMILES string of the molecule is C/C=c1\c(=C/C)oc2c(-c3ccccc3)nc(-c3cccc4c3oc3cc(-c5ccc6c(c5)C5(CCCCC5)c5ccccc5-6)ccc34)nc12. The van der Waals surface area contributed by atoms with Gasteiger partial charge in [-0.05, 0) is 90.4 Å². The lowest BCUT2D eigenvalue weighted by Crippen LogP contribution is -2.28. The van der Waals surface area contributed by atoms with E-state index in [-0.39, 0.29) is 5.41 Å². The summed E-state index contributed by atoms with van der Waals surface area (Å²) in [4.78, 5) is 10.3. The third kappa shape index (κ3) is 4.18. The Balaban J connectivity index is 1.13. The second kappa shape index (κ2) is 11.1. The van der Waals surface area contributed by atoms with Crippen molar-refractivity contribution in [2.45, 2.75) is 51.4 Å². The number of benzene rings is 5. The smallest absolute Gasteiger partial charge is 0.180 e. The quantitative estimate of drug-likeness (QED) is 0.191. The van der Waals surface area contributed by atoms with E-state index in [0.717, 1.165) is 60.5 Å². The largest absolute Gasteiger partial charge is 0.455 e. The average Bonchev–Trinajstić information content (AvgIpc) is 3.82. The summed E-state index contributed by atoms with van der Waals surface area (Å²) in [5, 5.41) is 3.11. The number of para-hydroxylation sites is 1. The monoisotopic (exact) mass is 648 g/mol. The third-order valence-corrected chi connectivity index (χ3v) is 11.2. The molecule has 0 unspecified atom stereocenters. The van der Waals surface area contributed by atoms with Gasteiger partial charge in [0.1, 0.15) is 27.8 Å². The maximum atomic E-state index is 6.78. The second-order valence-electron chi connectivity index (χ2n) is 13.8. The fourth-order valence-electron chi connectivity index (χ4n) is 8.90. The molecule has 0 N–H and O–H groups in total. The summed E-state index contributed by atoms with van der Waals surface area (Å²) in [7, 11) is 0. The van der Waals surface area contributed by atoms with Crippen molar-refractivity contribution in [1.29, 1.82) is 0 Å². The van der Waals surface area contributed by atoms with Crippen LogP contribution in [0.3, 0.4) is 0 Å². The van der Waals surface area contributed by atoms with Crippen molar-refractivity contribution in [2.75, 3.05) is 0 Å². The molecule has 1 saturated carbocycles. The molecule has 3 heterocycles. The van der Waals surface area contributed by atoms with Crippen LogP contribution in [0.15, 0.2) is 118 Å². The Hall–Kier alpha value is -5.74. The van der Waals surface area contributed by atoms with Crippen LogP contribution in [0, 0.1) is 0 Å². The van der Waals surface area contributed by atoms with Gasteiger partial charge in [0.05, 0.1) is 5.56 Å². The molecule has 0 amide bonds. The Labute approximate surface area is 290 Å². The molecule has 5 aromatic carbocycles. The van der Waals surface area contributed by atoms with Crippen LogP contribution in [-0.4, -0.2) is 9.97 Å². The molecule has 4 heteroatoms. The van der Waals surface area contributed by atoms with Crippen molar-refractivity contribution >= 4 is 45.2 Å². The molecule has 1 fully saturated rings. The minimum Gasteiger partial charge on any atom is -0.455 e. The molecule has 2 aliphatic carbocycles. The van der Waals surface area contributed by atoms with E-state index >= 15 is 0 Å². The highest BCUT2D eigenvalue weighted by Gasteiger charge is 2.43. The predicted octanol–water partition coefficient (Wildman–Crippen LogP) is 11.0. The van der Waals surface area contributed by atoms with Gasteiger partial charge in [0, 0.05) is 27.0 Å². The molecule has 0 bridgehead atoms. The number of furan rings is 2. The molecule has 0 atom stereocenters. The van der Waals surface area contributed by atoms with E-state index < -0.39 is 0 Å². The number of rotatable bonds is 3. The van der Waals surface area contributed by atoms with Crippen LogP contribution in [0.4, 0.5) is 0 Å². The van der Waals surface area contributed by atoms with E-state index in [2.05, 4.69) is 97.1 Å². The van der Waals surface area contributed by atoms with Crippen molar-refractivity contribution in [3.05, 3.63) is 131 Å². The Morgan fingerprint density at radius 2 is 1.34 bits per heavy atom. The van der Waals surface area contributed by atoms with E-state index in [1.54, 1.807) is 0 Å². The maximum Gasteiger partial charge on any atom is 0.180 e. The summed E-state index contributed by atoms with van der Waals surface area (Å²) in [5.41, 5.74) is 14.9. The van der Waals surface area contributed by atoms with Gasteiger partial charge in [-0.2, -0.15) is 0 Å². The number of nitrogens with zero attached hydrogens (tertiary/aromatic N) is 2. The summed E-state index contributed by atoms with van der Waals surface area (Å²) in [5.74, 6) is 0.615. The topological polar surface area (TPSA) is 52.1 Å². The fraction of sp³-hybridized carbons (Fsp3) is 0.174. The number of fused-ring (bicyclic) bond motifs is 9. The van der Waals surface area contributed by atoms with Crippen molar-refractivity contribution in [3.63, 3.8) is 0 Å². The Bertz CT molecular complexity index is 2760. The van der Waals surface area contributed by atoms with Crippen LogP contribution in [0.2, 0.25) is 0 Å².